The third-order valence-electron chi connectivity index (χ3n) is 3.54. The molecule has 2 heterocycles. The van der Waals surface area contributed by atoms with Gasteiger partial charge in [-0.25, -0.2) is 4.98 Å². The number of benzene rings is 1. The number of aromatic nitrogens is 2. The van der Waals surface area contributed by atoms with Gasteiger partial charge in [-0.2, -0.15) is 0 Å². The molecule has 2 unspecified atom stereocenters. The predicted octanol–water partition coefficient (Wildman–Crippen LogP) is 2.28. The fraction of sp³-hybridized carbons (Fsp3) is 0.462. The molecule has 4 nitrogen and oxygen atoms in total. The van der Waals surface area contributed by atoms with Crippen LogP contribution in [0.5, 0.6) is 0 Å². The van der Waals surface area contributed by atoms with E-state index in [1.165, 1.54) is 5.56 Å². The van der Waals surface area contributed by atoms with Crippen molar-refractivity contribution < 1.29 is 4.74 Å². The Morgan fingerprint density at radius 3 is 3.00 bits per heavy atom. The molecule has 3 rings (SSSR count). The first kappa shape index (κ1) is 10.6. The maximum absolute atomic E-state index is 6.04. The van der Waals surface area contributed by atoms with Crippen LogP contribution in [-0.4, -0.2) is 22.3 Å². The summed E-state index contributed by atoms with van der Waals surface area (Å²) in [5, 5.41) is 0. The van der Waals surface area contributed by atoms with Crippen molar-refractivity contribution in [2.24, 2.45) is 0 Å². The average Bonchev–Trinajstić information content (AvgIpc) is 2.80. The summed E-state index contributed by atoms with van der Waals surface area (Å²) < 4.78 is 7.73. The van der Waals surface area contributed by atoms with Crippen molar-refractivity contribution in [1.29, 1.82) is 0 Å². The van der Waals surface area contributed by atoms with Gasteiger partial charge in [0.05, 0.1) is 23.2 Å². The number of nitrogen functional groups attached to an aromatic ring is 1. The first-order chi connectivity index (χ1) is 8.16. The lowest BCUT2D eigenvalue weighted by atomic mass is 10.1. The highest BCUT2D eigenvalue weighted by Crippen LogP contribution is 2.32. The SMILES string of the molecule is Cc1ccc2c(c1)nc(N)n2C1CCOC1C. The van der Waals surface area contributed by atoms with E-state index in [0.717, 1.165) is 24.1 Å². The minimum atomic E-state index is 0.205. The number of hydrogen-bond acceptors (Lipinski definition) is 3. The normalized spacial score (nSPS) is 24.6. The fourth-order valence-electron chi connectivity index (χ4n) is 2.64. The molecule has 1 aliphatic heterocycles. The number of aryl methyl sites for hydroxylation is 1. The Balaban J connectivity index is 2.18. The number of ether oxygens (including phenoxy) is 1. The van der Waals surface area contributed by atoms with Crippen LogP contribution in [0.25, 0.3) is 11.0 Å². The summed E-state index contributed by atoms with van der Waals surface area (Å²) >= 11 is 0. The molecule has 1 aromatic carbocycles. The van der Waals surface area contributed by atoms with Crippen LogP contribution in [0.4, 0.5) is 5.95 Å². The smallest absolute Gasteiger partial charge is 0.201 e. The molecule has 90 valence electrons. The van der Waals surface area contributed by atoms with E-state index in [9.17, 15) is 0 Å². The Labute approximate surface area is 100 Å². The van der Waals surface area contributed by atoms with Crippen molar-refractivity contribution in [3.8, 4) is 0 Å². The summed E-state index contributed by atoms with van der Waals surface area (Å²) in [6.45, 7) is 4.96. The molecule has 0 radical (unpaired) electrons. The predicted molar refractivity (Wildman–Crippen MR) is 68.0 cm³/mol. The van der Waals surface area contributed by atoms with Gasteiger partial charge in [-0.1, -0.05) is 6.07 Å². The molecule has 0 bridgehead atoms. The number of imidazole rings is 1. The van der Waals surface area contributed by atoms with Gasteiger partial charge < -0.3 is 15.0 Å². The number of anilines is 1. The topological polar surface area (TPSA) is 53.1 Å². The fourth-order valence-corrected chi connectivity index (χ4v) is 2.64. The number of rotatable bonds is 1. The first-order valence-corrected chi connectivity index (χ1v) is 6.02. The van der Waals surface area contributed by atoms with Crippen molar-refractivity contribution in [2.75, 3.05) is 12.3 Å². The van der Waals surface area contributed by atoms with Gasteiger partial charge in [0, 0.05) is 6.61 Å². The standard InChI is InChI=1S/C13H17N3O/c1-8-3-4-12-10(7-8)15-13(14)16(12)11-5-6-17-9(11)2/h3-4,7,9,11H,5-6H2,1-2H3,(H2,14,15). The molecular formula is C13H17N3O. The first-order valence-electron chi connectivity index (χ1n) is 6.02. The molecule has 1 fully saturated rings. The zero-order valence-electron chi connectivity index (χ0n) is 10.2. The molecule has 0 amide bonds. The van der Waals surface area contributed by atoms with Crippen LogP contribution in [0.15, 0.2) is 18.2 Å². The monoisotopic (exact) mass is 231 g/mol. The Bertz CT molecular complexity index is 561. The quantitative estimate of drug-likeness (QED) is 0.819. The number of hydrogen-bond donors (Lipinski definition) is 1. The van der Waals surface area contributed by atoms with E-state index in [0.29, 0.717) is 12.0 Å². The zero-order valence-corrected chi connectivity index (χ0v) is 10.2. The van der Waals surface area contributed by atoms with Gasteiger partial charge in [0.1, 0.15) is 0 Å². The lowest BCUT2D eigenvalue weighted by molar-refractivity contribution is 0.109. The van der Waals surface area contributed by atoms with E-state index in [4.69, 9.17) is 10.5 Å². The largest absolute Gasteiger partial charge is 0.376 e. The van der Waals surface area contributed by atoms with Crippen LogP contribution in [0.1, 0.15) is 24.9 Å². The second kappa shape index (κ2) is 3.74. The Kier molecular flexibility index (Phi) is 2.33. The molecule has 2 aromatic rings. The molecule has 17 heavy (non-hydrogen) atoms. The molecular weight excluding hydrogens is 214 g/mol. The van der Waals surface area contributed by atoms with E-state index in [-0.39, 0.29) is 6.10 Å². The molecule has 0 aliphatic carbocycles. The second-order valence-electron chi connectivity index (χ2n) is 4.76. The third kappa shape index (κ3) is 1.60. The van der Waals surface area contributed by atoms with E-state index < -0.39 is 0 Å². The second-order valence-corrected chi connectivity index (χ2v) is 4.76. The molecule has 2 atom stereocenters. The van der Waals surface area contributed by atoms with Gasteiger partial charge >= 0.3 is 0 Å². The van der Waals surface area contributed by atoms with E-state index in [2.05, 4.69) is 41.6 Å². The minimum Gasteiger partial charge on any atom is -0.376 e. The average molecular weight is 231 g/mol. The summed E-state index contributed by atoms with van der Waals surface area (Å²) in [6.07, 6.45) is 1.21. The summed E-state index contributed by atoms with van der Waals surface area (Å²) in [7, 11) is 0. The van der Waals surface area contributed by atoms with Crippen LogP contribution in [0, 0.1) is 6.92 Å². The number of nitrogens with zero attached hydrogens (tertiary/aromatic N) is 2. The van der Waals surface area contributed by atoms with Crippen LogP contribution in [0.2, 0.25) is 0 Å². The van der Waals surface area contributed by atoms with E-state index >= 15 is 0 Å². The van der Waals surface area contributed by atoms with Crippen LogP contribution in [0.3, 0.4) is 0 Å². The molecule has 1 saturated heterocycles. The summed E-state index contributed by atoms with van der Waals surface area (Å²) in [5.41, 5.74) is 9.33. The Morgan fingerprint density at radius 1 is 1.47 bits per heavy atom. The highest BCUT2D eigenvalue weighted by Gasteiger charge is 2.28. The maximum atomic E-state index is 6.04. The molecule has 0 saturated carbocycles. The Hall–Kier alpha value is -1.55. The minimum absolute atomic E-state index is 0.205. The van der Waals surface area contributed by atoms with Gasteiger partial charge in [0.25, 0.3) is 0 Å². The summed E-state index contributed by atoms with van der Waals surface area (Å²) in [5.74, 6) is 0.591. The van der Waals surface area contributed by atoms with E-state index in [1.54, 1.807) is 0 Å². The highest BCUT2D eigenvalue weighted by molar-refractivity contribution is 5.79. The number of fused-ring (bicyclic) bond motifs is 1. The van der Waals surface area contributed by atoms with Crippen molar-refractivity contribution in [1.82, 2.24) is 9.55 Å². The molecule has 1 aliphatic rings. The van der Waals surface area contributed by atoms with E-state index in [1.807, 2.05) is 0 Å². The summed E-state index contributed by atoms with van der Waals surface area (Å²) in [4.78, 5) is 4.44. The van der Waals surface area contributed by atoms with Gasteiger partial charge in [0.15, 0.2) is 0 Å². The Morgan fingerprint density at radius 2 is 2.29 bits per heavy atom. The van der Waals surface area contributed by atoms with Gasteiger partial charge in [-0.05, 0) is 38.0 Å². The third-order valence-corrected chi connectivity index (χ3v) is 3.54. The van der Waals surface area contributed by atoms with Gasteiger partial charge in [-0.3, -0.25) is 0 Å². The van der Waals surface area contributed by atoms with Crippen LogP contribution >= 0.6 is 0 Å². The van der Waals surface area contributed by atoms with Gasteiger partial charge in [0.2, 0.25) is 5.95 Å². The lowest BCUT2D eigenvalue weighted by Gasteiger charge is -2.18. The molecule has 1 aromatic heterocycles. The van der Waals surface area contributed by atoms with Gasteiger partial charge in [-0.15, -0.1) is 0 Å². The van der Waals surface area contributed by atoms with Crippen LogP contribution in [-0.2, 0) is 4.74 Å². The maximum Gasteiger partial charge on any atom is 0.201 e. The van der Waals surface area contributed by atoms with Crippen molar-refractivity contribution in [3.63, 3.8) is 0 Å². The van der Waals surface area contributed by atoms with Crippen LogP contribution < -0.4 is 5.73 Å². The molecule has 2 N–H and O–H groups in total. The highest BCUT2D eigenvalue weighted by atomic mass is 16.5. The van der Waals surface area contributed by atoms with Crippen molar-refractivity contribution >= 4 is 17.0 Å². The molecule has 4 heteroatoms. The van der Waals surface area contributed by atoms with Crippen molar-refractivity contribution in [2.45, 2.75) is 32.4 Å². The summed E-state index contributed by atoms with van der Waals surface area (Å²) in [6, 6.07) is 6.57. The molecule has 0 spiro atoms. The zero-order chi connectivity index (χ0) is 12.0. The van der Waals surface area contributed by atoms with Crippen molar-refractivity contribution in [3.05, 3.63) is 23.8 Å². The lowest BCUT2D eigenvalue weighted by Crippen LogP contribution is -2.18. The number of nitrogens with two attached hydrogens (primary N) is 1.